The second kappa shape index (κ2) is 7.45. The molecule has 21 heavy (non-hydrogen) atoms. The highest BCUT2D eigenvalue weighted by Crippen LogP contribution is 2.16. The Balaban J connectivity index is 1.91. The van der Waals surface area contributed by atoms with Crippen LogP contribution in [0.3, 0.4) is 0 Å². The topological polar surface area (TPSA) is 66.8 Å². The van der Waals surface area contributed by atoms with Gasteiger partial charge in [0.2, 0.25) is 0 Å². The van der Waals surface area contributed by atoms with E-state index in [1.54, 1.807) is 0 Å². The molecular formula is C17H18O4. The fourth-order valence-corrected chi connectivity index (χ4v) is 1.98. The van der Waals surface area contributed by atoms with Crippen LogP contribution < -0.4 is 4.74 Å². The monoisotopic (exact) mass is 286 g/mol. The van der Waals surface area contributed by atoms with E-state index >= 15 is 0 Å². The smallest absolute Gasteiger partial charge is 0.309 e. The molecule has 1 unspecified atom stereocenters. The van der Waals surface area contributed by atoms with Gasteiger partial charge in [-0.25, -0.2) is 0 Å². The second-order valence-corrected chi connectivity index (χ2v) is 4.84. The number of aliphatic hydroxyl groups excluding tert-OH is 1. The van der Waals surface area contributed by atoms with Crippen LogP contribution in [0.4, 0.5) is 0 Å². The zero-order chi connectivity index (χ0) is 15.1. The Labute approximate surface area is 123 Å². The molecule has 4 heteroatoms. The van der Waals surface area contributed by atoms with Gasteiger partial charge in [0.1, 0.15) is 12.4 Å². The highest BCUT2D eigenvalue weighted by atomic mass is 16.5. The van der Waals surface area contributed by atoms with E-state index in [-0.39, 0.29) is 6.61 Å². The normalized spacial score (nSPS) is 11.9. The summed E-state index contributed by atoms with van der Waals surface area (Å²) in [6.07, 6.45) is 0.310. The van der Waals surface area contributed by atoms with Gasteiger partial charge in [-0.3, -0.25) is 4.79 Å². The summed E-state index contributed by atoms with van der Waals surface area (Å²) >= 11 is 0. The van der Waals surface area contributed by atoms with Crippen molar-refractivity contribution < 1.29 is 19.7 Å². The number of carboxylic acid groups (broad SMARTS) is 1. The van der Waals surface area contributed by atoms with Crippen molar-refractivity contribution >= 4 is 5.97 Å². The van der Waals surface area contributed by atoms with Gasteiger partial charge in [0.15, 0.2) is 0 Å². The lowest BCUT2D eigenvalue weighted by molar-refractivity contribution is -0.143. The highest BCUT2D eigenvalue weighted by Gasteiger charge is 2.16. The molecule has 0 radical (unpaired) electrons. The van der Waals surface area contributed by atoms with Gasteiger partial charge in [0, 0.05) is 0 Å². The Hall–Kier alpha value is -2.33. The molecule has 0 spiro atoms. The molecule has 0 saturated heterocycles. The minimum absolute atomic E-state index is 0.310. The van der Waals surface area contributed by atoms with Gasteiger partial charge < -0.3 is 14.9 Å². The molecule has 0 heterocycles. The minimum Gasteiger partial charge on any atom is -0.489 e. The van der Waals surface area contributed by atoms with Crippen LogP contribution >= 0.6 is 0 Å². The maximum absolute atomic E-state index is 10.9. The molecule has 0 aliphatic heterocycles. The van der Waals surface area contributed by atoms with E-state index in [0.29, 0.717) is 13.0 Å². The predicted molar refractivity (Wildman–Crippen MR) is 79.1 cm³/mol. The molecule has 0 amide bonds. The zero-order valence-corrected chi connectivity index (χ0v) is 11.6. The summed E-state index contributed by atoms with van der Waals surface area (Å²) in [5.41, 5.74) is 1.95. The molecule has 4 nitrogen and oxygen atoms in total. The third-order valence-electron chi connectivity index (χ3n) is 3.22. The van der Waals surface area contributed by atoms with Crippen LogP contribution in [0.1, 0.15) is 11.1 Å². The van der Waals surface area contributed by atoms with Crippen LogP contribution in [0.5, 0.6) is 5.75 Å². The zero-order valence-electron chi connectivity index (χ0n) is 11.6. The molecule has 2 aromatic carbocycles. The Bertz CT molecular complexity index is 563. The van der Waals surface area contributed by atoms with E-state index in [4.69, 9.17) is 14.9 Å². The van der Waals surface area contributed by atoms with Crippen molar-refractivity contribution in [3.05, 3.63) is 65.7 Å². The van der Waals surface area contributed by atoms with Crippen molar-refractivity contribution in [3.8, 4) is 5.75 Å². The molecule has 0 bridgehead atoms. The lowest BCUT2D eigenvalue weighted by atomic mass is 10.0. The van der Waals surface area contributed by atoms with Crippen molar-refractivity contribution in [1.29, 1.82) is 0 Å². The van der Waals surface area contributed by atoms with E-state index in [2.05, 4.69) is 0 Å². The van der Waals surface area contributed by atoms with Gasteiger partial charge in [-0.05, 0) is 29.7 Å². The molecule has 2 N–H and O–H groups in total. The molecule has 0 aromatic heterocycles. The molecule has 2 aromatic rings. The molecular weight excluding hydrogens is 268 g/mol. The van der Waals surface area contributed by atoms with Gasteiger partial charge in [0.05, 0.1) is 12.5 Å². The first-order valence-electron chi connectivity index (χ1n) is 6.78. The highest BCUT2D eigenvalue weighted by molar-refractivity contribution is 5.70. The summed E-state index contributed by atoms with van der Waals surface area (Å²) in [5, 5.41) is 17.9. The average molecular weight is 286 g/mol. The van der Waals surface area contributed by atoms with Crippen LogP contribution in [0.15, 0.2) is 54.6 Å². The number of hydrogen-bond acceptors (Lipinski definition) is 3. The predicted octanol–water partition coefficient (Wildman–Crippen LogP) is 2.50. The molecule has 110 valence electrons. The van der Waals surface area contributed by atoms with Crippen LogP contribution in [-0.2, 0) is 17.8 Å². The van der Waals surface area contributed by atoms with Crippen molar-refractivity contribution in [2.24, 2.45) is 5.92 Å². The number of aliphatic hydroxyl groups is 1. The first kappa shape index (κ1) is 15.1. The van der Waals surface area contributed by atoms with Crippen LogP contribution in [0, 0.1) is 5.92 Å². The summed E-state index contributed by atoms with van der Waals surface area (Å²) in [6, 6.07) is 17.1. The number of carbonyl (C=O) groups is 1. The molecule has 2 rings (SSSR count). The van der Waals surface area contributed by atoms with E-state index < -0.39 is 11.9 Å². The molecule has 1 atom stereocenters. The van der Waals surface area contributed by atoms with E-state index in [0.717, 1.165) is 16.9 Å². The first-order valence-corrected chi connectivity index (χ1v) is 6.78. The summed E-state index contributed by atoms with van der Waals surface area (Å²) in [4.78, 5) is 10.9. The lowest BCUT2D eigenvalue weighted by Crippen LogP contribution is -2.20. The summed E-state index contributed by atoms with van der Waals surface area (Å²) < 4.78 is 5.66. The number of ether oxygens (including phenoxy) is 1. The number of hydrogen-bond donors (Lipinski definition) is 2. The quantitative estimate of drug-likeness (QED) is 0.820. The Morgan fingerprint density at radius 1 is 1.00 bits per heavy atom. The largest absolute Gasteiger partial charge is 0.489 e. The number of aliphatic carboxylic acids is 1. The van der Waals surface area contributed by atoms with Crippen molar-refractivity contribution in [2.45, 2.75) is 13.0 Å². The molecule has 0 saturated carbocycles. The number of rotatable bonds is 7. The van der Waals surface area contributed by atoms with Gasteiger partial charge in [0.25, 0.3) is 0 Å². The van der Waals surface area contributed by atoms with Crippen molar-refractivity contribution in [1.82, 2.24) is 0 Å². The molecule has 0 aliphatic rings. The maximum Gasteiger partial charge on any atom is 0.309 e. The fraction of sp³-hybridized carbons (Fsp3) is 0.235. The average Bonchev–Trinajstić information content (AvgIpc) is 2.52. The lowest BCUT2D eigenvalue weighted by Gasteiger charge is -2.10. The van der Waals surface area contributed by atoms with Crippen molar-refractivity contribution in [2.75, 3.05) is 6.61 Å². The van der Waals surface area contributed by atoms with Crippen LogP contribution in [0.25, 0.3) is 0 Å². The van der Waals surface area contributed by atoms with E-state index in [9.17, 15) is 4.79 Å². The summed E-state index contributed by atoms with van der Waals surface area (Å²) in [6.45, 7) is 0.135. The molecule has 0 aliphatic carbocycles. The van der Waals surface area contributed by atoms with E-state index in [1.165, 1.54) is 0 Å². The standard InChI is InChI=1S/C17H18O4/c18-11-15(17(19)20)10-13-6-8-16(9-7-13)21-12-14-4-2-1-3-5-14/h1-9,15,18H,10-12H2,(H,19,20). The van der Waals surface area contributed by atoms with Gasteiger partial charge in [-0.2, -0.15) is 0 Å². The number of benzene rings is 2. The van der Waals surface area contributed by atoms with Crippen LogP contribution in [-0.4, -0.2) is 22.8 Å². The SMILES string of the molecule is O=C(O)C(CO)Cc1ccc(OCc2ccccc2)cc1. The Morgan fingerprint density at radius 2 is 1.67 bits per heavy atom. The third-order valence-corrected chi connectivity index (χ3v) is 3.22. The first-order chi connectivity index (χ1) is 10.2. The number of carboxylic acids is 1. The summed E-state index contributed by atoms with van der Waals surface area (Å²) in [5.74, 6) is -1.01. The minimum atomic E-state index is -0.984. The van der Waals surface area contributed by atoms with E-state index in [1.807, 2.05) is 54.6 Å². The van der Waals surface area contributed by atoms with Gasteiger partial charge >= 0.3 is 5.97 Å². The van der Waals surface area contributed by atoms with Crippen molar-refractivity contribution in [3.63, 3.8) is 0 Å². The Kier molecular flexibility index (Phi) is 5.35. The van der Waals surface area contributed by atoms with Gasteiger partial charge in [-0.1, -0.05) is 42.5 Å². The molecule has 0 fully saturated rings. The fourth-order valence-electron chi connectivity index (χ4n) is 1.98. The maximum atomic E-state index is 10.9. The Morgan fingerprint density at radius 3 is 2.24 bits per heavy atom. The second-order valence-electron chi connectivity index (χ2n) is 4.84. The van der Waals surface area contributed by atoms with Crippen LogP contribution in [0.2, 0.25) is 0 Å². The van der Waals surface area contributed by atoms with Gasteiger partial charge in [-0.15, -0.1) is 0 Å². The summed E-state index contributed by atoms with van der Waals surface area (Å²) in [7, 11) is 0. The third kappa shape index (κ3) is 4.61.